The highest BCUT2D eigenvalue weighted by Crippen LogP contribution is 2.43. The number of carbonyl (C=O) groups excluding carboxylic acids is 1. The molecule has 24 heavy (non-hydrogen) atoms. The zero-order valence-electron chi connectivity index (χ0n) is 14.1. The zero-order valence-corrected chi connectivity index (χ0v) is 15.8. The fourth-order valence-electron chi connectivity index (χ4n) is 3.29. The Balaban J connectivity index is 1.50. The lowest BCUT2D eigenvalue weighted by molar-refractivity contribution is -0.134. The largest absolute Gasteiger partial charge is 0.484 e. The summed E-state index contributed by atoms with van der Waals surface area (Å²) in [5.74, 6) is 3.72. The first-order valence-electron chi connectivity index (χ1n) is 8.63. The van der Waals surface area contributed by atoms with Crippen molar-refractivity contribution >= 4 is 29.4 Å². The summed E-state index contributed by atoms with van der Waals surface area (Å²) >= 11 is 4.02. The normalized spacial score (nSPS) is 25.0. The van der Waals surface area contributed by atoms with E-state index in [2.05, 4.69) is 19.1 Å². The highest BCUT2D eigenvalue weighted by molar-refractivity contribution is 8.16. The smallest absolute Gasteiger partial charge is 0.260 e. The average Bonchev–Trinajstić information content (AvgIpc) is 3.02. The van der Waals surface area contributed by atoms with Crippen LogP contribution in [0.25, 0.3) is 0 Å². The highest BCUT2D eigenvalue weighted by Gasteiger charge is 2.31. The van der Waals surface area contributed by atoms with Crippen LogP contribution in [0.5, 0.6) is 5.75 Å². The van der Waals surface area contributed by atoms with Crippen molar-refractivity contribution in [3.63, 3.8) is 0 Å². The molecule has 1 aromatic carbocycles. The third-order valence-corrected chi connectivity index (χ3v) is 7.67. The molecule has 132 valence electrons. The Hall–Kier alpha value is -0.850. The van der Waals surface area contributed by atoms with Gasteiger partial charge in [0.05, 0.1) is 4.58 Å². The van der Waals surface area contributed by atoms with Crippen LogP contribution in [0.4, 0.5) is 0 Å². The van der Waals surface area contributed by atoms with Crippen LogP contribution in [0.1, 0.15) is 29.9 Å². The molecule has 1 amide bonds. The number of likely N-dealkylation sites (tertiary alicyclic amines) is 1. The van der Waals surface area contributed by atoms with Gasteiger partial charge in [0.25, 0.3) is 5.91 Å². The van der Waals surface area contributed by atoms with E-state index in [-0.39, 0.29) is 18.6 Å². The first kappa shape index (κ1) is 18.0. The summed E-state index contributed by atoms with van der Waals surface area (Å²) in [4.78, 5) is 14.3. The second-order valence-corrected chi connectivity index (χ2v) is 9.24. The molecule has 2 aliphatic heterocycles. The van der Waals surface area contributed by atoms with Gasteiger partial charge in [-0.05, 0) is 61.4 Å². The number of carbonyl (C=O) groups is 1. The maximum atomic E-state index is 12.4. The minimum absolute atomic E-state index is 0.0564. The molecule has 4 nitrogen and oxygen atoms in total. The number of thioether (sulfide) groups is 2. The van der Waals surface area contributed by atoms with Crippen molar-refractivity contribution in [3.8, 4) is 5.75 Å². The van der Waals surface area contributed by atoms with Gasteiger partial charge in [-0.1, -0.05) is 12.1 Å². The van der Waals surface area contributed by atoms with Gasteiger partial charge in [-0.2, -0.15) is 0 Å². The lowest BCUT2D eigenvalue weighted by atomic mass is 10.1. The third-order valence-electron chi connectivity index (χ3n) is 4.66. The van der Waals surface area contributed by atoms with Crippen molar-refractivity contribution in [3.05, 3.63) is 29.8 Å². The van der Waals surface area contributed by atoms with Gasteiger partial charge in [0.1, 0.15) is 5.75 Å². The summed E-state index contributed by atoms with van der Waals surface area (Å²) in [7, 11) is 0. The van der Waals surface area contributed by atoms with Crippen LogP contribution in [0, 0.1) is 5.92 Å². The van der Waals surface area contributed by atoms with E-state index >= 15 is 0 Å². The Morgan fingerprint density at radius 1 is 1.29 bits per heavy atom. The number of nitrogens with two attached hydrogens (primary N) is 1. The van der Waals surface area contributed by atoms with Crippen molar-refractivity contribution in [2.45, 2.75) is 30.4 Å². The van der Waals surface area contributed by atoms with Crippen LogP contribution in [0.3, 0.4) is 0 Å². The molecule has 6 heteroatoms. The quantitative estimate of drug-likeness (QED) is 0.868. The van der Waals surface area contributed by atoms with Crippen molar-refractivity contribution < 1.29 is 9.53 Å². The standard InChI is InChI=1S/C18H26N2O2S2/c1-13-9-14(10-19)11-20(13)17(21)12-22-16-5-3-15(4-6-16)18-23-7-2-8-24-18/h3-6,13-14,18H,2,7-12,19H2,1H3. The van der Waals surface area contributed by atoms with Crippen LogP contribution in [-0.2, 0) is 4.79 Å². The summed E-state index contributed by atoms with van der Waals surface area (Å²) in [6.45, 7) is 3.60. The molecule has 0 spiro atoms. The van der Waals surface area contributed by atoms with Gasteiger partial charge in [-0.15, -0.1) is 23.5 Å². The summed E-state index contributed by atoms with van der Waals surface area (Å²) in [5, 5.41) is 0. The molecule has 0 aromatic heterocycles. The van der Waals surface area contributed by atoms with Crippen LogP contribution in [0.2, 0.25) is 0 Å². The van der Waals surface area contributed by atoms with Gasteiger partial charge >= 0.3 is 0 Å². The van der Waals surface area contributed by atoms with Gasteiger partial charge < -0.3 is 15.4 Å². The third kappa shape index (κ3) is 4.41. The number of ether oxygens (including phenoxy) is 1. The van der Waals surface area contributed by atoms with E-state index in [1.54, 1.807) is 0 Å². The van der Waals surface area contributed by atoms with Gasteiger partial charge in [0, 0.05) is 12.6 Å². The van der Waals surface area contributed by atoms with E-state index in [1.165, 1.54) is 23.5 Å². The number of rotatable bonds is 5. The molecular formula is C18H26N2O2S2. The molecule has 2 unspecified atom stereocenters. The number of amides is 1. The molecule has 0 saturated carbocycles. The van der Waals surface area contributed by atoms with Crippen molar-refractivity contribution in [2.75, 3.05) is 31.2 Å². The van der Waals surface area contributed by atoms with E-state index in [0.29, 0.717) is 17.0 Å². The molecular weight excluding hydrogens is 340 g/mol. The molecule has 0 bridgehead atoms. The molecule has 2 atom stereocenters. The Labute approximate surface area is 152 Å². The van der Waals surface area contributed by atoms with E-state index in [0.717, 1.165) is 18.7 Å². The average molecular weight is 367 g/mol. The lowest BCUT2D eigenvalue weighted by Gasteiger charge is -2.22. The summed E-state index contributed by atoms with van der Waals surface area (Å²) < 4.78 is 6.24. The predicted octanol–water partition coefficient (Wildman–Crippen LogP) is 3.13. The fraction of sp³-hybridized carbons (Fsp3) is 0.611. The van der Waals surface area contributed by atoms with E-state index in [4.69, 9.17) is 10.5 Å². The summed E-state index contributed by atoms with van der Waals surface area (Å²) in [6, 6.07) is 8.47. The van der Waals surface area contributed by atoms with Crippen LogP contribution >= 0.6 is 23.5 Å². The molecule has 2 aliphatic rings. The molecule has 2 fully saturated rings. The Morgan fingerprint density at radius 3 is 2.62 bits per heavy atom. The predicted molar refractivity (Wildman–Crippen MR) is 103 cm³/mol. The molecule has 1 aromatic rings. The van der Waals surface area contributed by atoms with Gasteiger partial charge in [-0.25, -0.2) is 0 Å². The first-order valence-corrected chi connectivity index (χ1v) is 10.7. The topological polar surface area (TPSA) is 55.6 Å². The van der Waals surface area contributed by atoms with E-state index in [9.17, 15) is 4.79 Å². The molecule has 0 radical (unpaired) electrons. The van der Waals surface area contributed by atoms with Crippen molar-refractivity contribution in [2.24, 2.45) is 11.7 Å². The Kier molecular flexibility index (Phi) is 6.36. The maximum absolute atomic E-state index is 12.4. The SMILES string of the molecule is CC1CC(CN)CN1C(=O)COc1ccc(C2SCCCS2)cc1. The van der Waals surface area contributed by atoms with Crippen LogP contribution in [0.15, 0.2) is 24.3 Å². The second kappa shape index (κ2) is 8.50. The Bertz CT molecular complexity index is 546. The van der Waals surface area contributed by atoms with E-state index < -0.39 is 0 Å². The zero-order chi connectivity index (χ0) is 16.9. The van der Waals surface area contributed by atoms with E-state index in [1.807, 2.05) is 40.6 Å². The minimum Gasteiger partial charge on any atom is -0.484 e. The van der Waals surface area contributed by atoms with Crippen LogP contribution in [-0.4, -0.2) is 48.1 Å². The van der Waals surface area contributed by atoms with Crippen molar-refractivity contribution in [1.29, 1.82) is 0 Å². The molecule has 0 aliphatic carbocycles. The van der Waals surface area contributed by atoms with Gasteiger partial charge in [0.15, 0.2) is 6.61 Å². The van der Waals surface area contributed by atoms with Gasteiger partial charge in [-0.3, -0.25) is 4.79 Å². The van der Waals surface area contributed by atoms with Crippen LogP contribution < -0.4 is 10.5 Å². The number of hydrogen-bond acceptors (Lipinski definition) is 5. The molecule has 3 rings (SSSR count). The van der Waals surface area contributed by atoms with Crippen molar-refractivity contribution in [1.82, 2.24) is 4.90 Å². The number of benzene rings is 1. The number of nitrogens with zero attached hydrogens (tertiary/aromatic N) is 1. The molecule has 2 heterocycles. The lowest BCUT2D eigenvalue weighted by Crippen LogP contribution is -2.37. The molecule has 2 N–H and O–H groups in total. The highest BCUT2D eigenvalue weighted by atomic mass is 32.2. The molecule has 2 saturated heterocycles. The maximum Gasteiger partial charge on any atom is 0.260 e. The second-order valence-electron chi connectivity index (χ2n) is 6.52. The summed E-state index contributed by atoms with van der Waals surface area (Å²) in [6.07, 6.45) is 2.29. The summed E-state index contributed by atoms with van der Waals surface area (Å²) in [5.41, 5.74) is 7.06. The Morgan fingerprint density at radius 2 is 2.00 bits per heavy atom. The first-order chi connectivity index (χ1) is 11.7. The fourth-order valence-corrected chi connectivity index (χ4v) is 6.18. The monoisotopic (exact) mass is 366 g/mol. The minimum atomic E-state index is 0.0564. The number of hydrogen-bond donors (Lipinski definition) is 1. The van der Waals surface area contributed by atoms with Gasteiger partial charge in [0.2, 0.25) is 0 Å².